The van der Waals surface area contributed by atoms with Gasteiger partial charge in [-0.3, -0.25) is 10.1 Å². The molecule has 0 radical (unpaired) electrons. The third-order valence-electron chi connectivity index (χ3n) is 4.01. The highest BCUT2D eigenvalue weighted by molar-refractivity contribution is 7.17. The largest absolute Gasteiger partial charge is 0.474 e. The molecule has 8 nitrogen and oxygen atoms in total. The molecule has 4 heterocycles. The topological polar surface area (TPSA) is 101 Å². The van der Waals surface area contributed by atoms with Gasteiger partial charge in [0.2, 0.25) is 11.8 Å². The van der Waals surface area contributed by atoms with Crippen LogP contribution in [-0.4, -0.2) is 31.3 Å². The molecule has 0 aliphatic rings. The molecule has 0 unspecified atom stereocenters. The predicted octanol–water partition coefficient (Wildman–Crippen LogP) is 4.65. The van der Waals surface area contributed by atoms with Crippen LogP contribution in [0.5, 0.6) is 5.88 Å². The molecule has 4 rings (SSSR count). The van der Waals surface area contributed by atoms with Gasteiger partial charge >= 0.3 is 0 Å². The fraction of sp³-hybridized carbons (Fsp3) is 0.263. The van der Waals surface area contributed by atoms with E-state index in [4.69, 9.17) is 4.74 Å². The first-order chi connectivity index (χ1) is 14.0. The number of ether oxygens (including phenoxy) is 1. The van der Waals surface area contributed by atoms with Crippen molar-refractivity contribution in [3.63, 3.8) is 0 Å². The van der Waals surface area contributed by atoms with Gasteiger partial charge in [-0.15, -0.1) is 16.4 Å². The molecular weight excluding hydrogens is 393 g/mol. The van der Waals surface area contributed by atoms with Crippen LogP contribution < -0.4 is 15.4 Å². The Balaban J connectivity index is 1.58. The van der Waals surface area contributed by atoms with E-state index in [9.17, 15) is 4.39 Å². The number of hydrogen-bond donors (Lipinski definition) is 3. The summed E-state index contributed by atoms with van der Waals surface area (Å²) in [7, 11) is 0. The number of rotatable bonds is 7. The van der Waals surface area contributed by atoms with Crippen molar-refractivity contribution < 1.29 is 9.13 Å². The highest BCUT2D eigenvalue weighted by Crippen LogP contribution is 2.30. The number of aromatic amines is 1. The van der Waals surface area contributed by atoms with Crippen LogP contribution in [0.2, 0.25) is 0 Å². The number of thiophene rings is 1. The molecule has 150 valence electrons. The number of aromatic nitrogens is 5. The average molecular weight is 413 g/mol. The fourth-order valence-electron chi connectivity index (χ4n) is 2.72. The number of fused-ring (bicyclic) bond motifs is 1. The highest BCUT2D eigenvalue weighted by atomic mass is 32.1. The minimum atomic E-state index is -0.372. The first-order valence-corrected chi connectivity index (χ1v) is 9.98. The van der Waals surface area contributed by atoms with Crippen LogP contribution in [0.15, 0.2) is 35.8 Å². The molecule has 0 aliphatic heterocycles. The lowest BCUT2D eigenvalue weighted by molar-refractivity contribution is 0.232. The maximum Gasteiger partial charge on any atom is 0.234 e. The molecule has 0 bridgehead atoms. The summed E-state index contributed by atoms with van der Waals surface area (Å²) in [6.45, 7) is 5.80. The molecule has 0 saturated heterocycles. The van der Waals surface area contributed by atoms with E-state index >= 15 is 0 Å². The van der Waals surface area contributed by atoms with Crippen LogP contribution >= 0.6 is 11.3 Å². The van der Waals surface area contributed by atoms with E-state index in [-0.39, 0.29) is 18.0 Å². The molecule has 0 aromatic carbocycles. The molecular formula is C19H20FN7OS. The Morgan fingerprint density at radius 2 is 2.03 bits per heavy atom. The van der Waals surface area contributed by atoms with Gasteiger partial charge in [-0.2, -0.15) is 4.98 Å². The smallest absolute Gasteiger partial charge is 0.234 e. The van der Waals surface area contributed by atoms with Gasteiger partial charge in [0, 0.05) is 6.07 Å². The Bertz CT molecular complexity index is 1110. The van der Waals surface area contributed by atoms with Crippen LogP contribution in [0.1, 0.15) is 32.5 Å². The van der Waals surface area contributed by atoms with Gasteiger partial charge in [0.1, 0.15) is 11.6 Å². The summed E-state index contributed by atoms with van der Waals surface area (Å²) in [4.78, 5) is 13.3. The Morgan fingerprint density at radius 1 is 1.17 bits per heavy atom. The van der Waals surface area contributed by atoms with E-state index < -0.39 is 0 Å². The molecule has 0 aliphatic carbocycles. The van der Waals surface area contributed by atoms with Crippen molar-refractivity contribution in [1.29, 1.82) is 0 Å². The number of halogens is 1. The lowest BCUT2D eigenvalue weighted by atomic mass is 10.2. The molecule has 0 amide bonds. The number of nitrogens with one attached hydrogen (secondary N) is 3. The van der Waals surface area contributed by atoms with E-state index in [1.54, 1.807) is 23.5 Å². The number of hydrogen-bond acceptors (Lipinski definition) is 8. The molecule has 0 saturated carbocycles. The maximum atomic E-state index is 13.1. The van der Waals surface area contributed by atoms with Gasteiger partial charge in [0.25, 0.3) is 0 Å². The third-order valence-corrected chi connectivity index (χ3v) is 4.92. The van der Waals surface area contributed by atoms with E-state index in [1.165, 1.54) is 12.3 Å². The quantitative estimate of drug-likeness (QED) is 0.405. The average Bonchev–Trinajstić information content (AvgIpc) is 3.31. The molecule has 3 N–H and O–H groups in total. The minimum Gasteiger partial charge on any atom is -0.474 e. The first-order valence-electron chi connectivity index (χ1n) is 9.10. The number of pyridine rings is 1. The zero-order valence-electron chi connectivity index (χ0n) is 16.1. The SMILES string of the molecule is CC(C)Oc1cc(Nc2nc(N[C@@H](C)c3ccc(F)cn3)nc3ccsc23)[nH]n1. The van der Waals surface area contributed by atoms with Crippen LogP contribution in [-0.2, 0) is 0 Å². The summed E-state index contributed by atoms with van der Waals surface area (Å²) in [5.74, 6) is 1.88. The summed E-state index contributed by atoms with van der Waals surface area (Å²) in [5, 5.41) is 15.5. The normalized spacial score (nSPS) is 12.3. The van der Waals surface area contributed by atoms with Crippen molar-refractivity contribution in [2.75, 3.05) is 10.6 Å². The third kappa shape index (κ3) is 4.43. The lowest BCUT2D eigenvalue weighted by Crippen LogP contribution is -2.11. The molecule has 10 heteroatoms. The van der Waals surface area contributed by atoms with Gasteiger partial charge in [-0.1, -0.05) is 0 Å². The van der Waals surface area contributed by atoms with Crippen molar-refractivity contribution in [1.82, 2.24) is 25.1 Å². The molecule has 1 atom stereocenters. The van der Waals surface area contributed by atoms with Crippen LogP contribution in [0, 0.1) is 5.82 Å². The second-order valence-corrected chi connectivity index (χ2v) is 7.63. The summed E-state index contributed by atoms with van der Waals surface area (Å²) >= 11 is 1.54. The molecule has 0 spiro atoms. The van der Waals surface area contributed by atoms with E-state index in [0.717, 1.165) is 10.2 Å². The van der Waals surface area contributed by atoms with Crippen molar-refractivity contribution in [3.05, 3.63) is 47.4 Å². The standard InChI is InChI=1S/C19H20FN7OS/c1-10(2)28-16-8-15(26-27-16)24-18-17-14(6-7-29-17)23-19(25-18)22-11(3)13-5-4-12(20)9-21-13/h4-11H,1-3H3,(H3,22,23,24,25,26,27)/t11-/m0/s1. The second kappa shape index (κ2) is 8.00. The maximum absolute atomic E-state index is 13.1. The summed E-state index contributed by atoms with van der Waals surface area (Å²) in [6.07, 6.45) is 1.23. The molecule has 0 fully saturated rings. The molecule has 29 heavy (non-hydrogen) atoms. The van der Waals surface area contributed by atoms with Crippen molar-refractivity contribution >= 4 is 39.1 Å². The monoisotopic (exact) mass is 413 g/mol. The predicted molar refractivity (Wildman–Crippen MR) is 111 cm³/mol. The van der Waals surface area contributed by atoms with Gasteiger partial charge in [-0.25, -0.2) is 9.37 Å². The zero-order chi connectivity index (χ0) is 20.4. The van der Waals surface area contributed by atoms with Crippen LogP contribution in [0.25, 0.3) is 10.2 Å². The van der Waals surface area contributed by atoms with Crippen molar-refractivity contribution in [2.45, 2.75) is 32.9 Å². The van der Waals surface area contributed by atoms with E-state index in [2.05, 4.69) is 35.8 Å². The first kappa shape index (κ1) is 19.1. The summed E-state index contributed by atoms with van der Waals surface area (Å²) < 4.78 is 19.6. The van der Waals surface area contributed by atoms with Crippen molar-refractivity contribution in [2.24, 2.45) is 0 Å². The van der Waals surface area contributed by atoms with Crippen LogP contribution in [0.4, 0.5) is 22.0 Å². The molecule has 4 aromatic rings. The Morgan fingerprint density at radius 3 is 2.79 bits per heavy atom. The Hall–Kier alpha value is -3.27. The zero-order valence-corrected chi connectivity index (χ0v) is 16.9. The van der Waals surface area contributed by atoms with Gasteiger partial charge in [-0.05, 0) is 44.4 Å². The van der Waals surface area contributed by atoms with Gasteiger partial charge in [0.05, 0.1) is 34.3 Å². The van der Waals surface area contributed by atoms with Crippen LogP contribution in [0.3, 0.4) is 0 Å². The minimum absolute atomic E-state index is 0.0339. The lowest BCUT2D eigenvalue weighted by Gasteiger charge is -2.14. The fourth-order valence-corrected chi connectivity index (χ4v) is 3.50. The van der Waals surface area contributed by atoms with Crippen molar-refractivity contribution in [3.8, 4) is 5.88 Å². The summed E-state index contributed by atoms with van der Waals surface area (Å²) in [5.41, 5.74) is 1.51. The number of H-pyrrole nitrogens is 1. The summed E-state index contributed by atoms with van der Waals surface area (Å²) in [6, 6.07) is 6.53. The molecule has 4 aromatic heterocycles. The Labute approximate surface area is 170 Å². The van der Waals surface area contributed by atoms with E-state index in [0.29, 0.717) is 29.2 Å². The van der Waals surface area contributed by atoms with Gasteiger partial charge < -0.3 is 15.4 Å². The van der Waals surface area contributed by atoms with E-state index in [1.807, 2.05) is 32.2 Å². The second-order valence-electron chi connectivity index (χ2n) is 6.71. The number of anilines is 3. The van der Waals surface area contributed by atoms with Gasteiger partial charge in [0.15, 0.2) is 5.82 Å². The Kier molecular flexibility index (Phi) is 5.26. The number of nitrogens with zero attached hydrogens (tertiary/aromatic N) is 4. The highest BCUT2D eigenvalue weighted by Gasteiger charge is 2.14.